The molecule has 78 valence electrons. The van der Waals surface area contributed by atoms with Gasteiger partial charge in [-0.2, -0.15) is 0 Å². The fourth-order valence-corrected chi connectivity index (χ4v) is 1.59. The first-order chi connectivity index (χ1) is 7.18. The van der Waals surface area contributed by atoms with Gasteiger partial charge in [0, 0.05) is 6.20 Å². The molecule has 0 amide bonds. The molecule has 0 unspecified atom stereocenters. The third-order valence-electron chi connectivity index (χ3n) is 2.32. The molecule has 0 fully saturated rings. The van der Waals surface area contributed by atoms with E-state index >= 15 is 0 Å². The highest BCUT2D eigenvalue weighted by molar-refractivity contribution is 6.28. The minimum atomic E-state index is 0.401. The number of aryl methyl sites for hydroxylation is 2. The number of nitrogens with zero attached hydrogens (tertiary/aromatic N) is 4. The minimum Gasteiger partial charge on any atom is -0.296 e. The van der Waals surface area contributed by atoms with Gasteiger partial charge in [0.05, 0.1) is 12.2 Å². The lowest BCUT2D eigenvalue weighted by Gasteiger charge is -2.06. The van der Waals surface area contributed by atoms with Crippen molar-refractivity contribution < 1.29 is 0 Å². The average molecular weight is 223 g/mol. The molecule has 0 N–H and O–H groups in total. The van der Waals surface area contributed by atoms with Crippen molar-refractivity contribution in [3.05, 3.63) is 40.7 Å². The van der Waals surface area contributed by atoms with Gasteiger partial charge in [0.15, 0.2) is 0 Å². The third kappa shape index (κ3) is 1.99. The van der Waals surface area contributed by atoms with E-state index in [1.807, 2.05) is 30.5 Å². The van der Waals surface area contributed by atoms with Crippen molar-refractivity contribution in [2.24, 2.45) is 0 Å². The smallest absolute Gasteiger partial charge is 0.225 e. The molecule has 0 saturated heterocycles. The Morgan fingerprint density at radius 3 is 2.73 bits per heavy atom. The zero-order valence-corrected chi connectivity index (χ0v) is 9.36. The average Bonchev–Trinajstić information content (AvgIpc) is 2.53. The molecule has 0 aliphatic heterocycles. The Morgan fingerprint density at radius 1 is 1.33 bits per heavy atom. The Bertz CT molecular complexity index is 459. The molecule has 2 heterocycles. The summed E-state index contributed by atoms with van der Waals surface area (Å²) in [5, 5.41) is 8.09. The van der Waals surface area contributed by atoms with Gasteiger partial charge in [-0.25, -0.2) is 0 Å². The second kappa shape index (κ2) is 3.98. The number of halogens is 1. The standard InChI is InChI=1S/C10H11ClN4/c1-7-4-3-5-12-9(7)6-15-8(2)13-14-10(15)11/h3-5H,6H2,1-2H3. The van der Waals surface area contributed by atoms with Crippen LogP contribution in [0.3, 0.4) is 0 Å². The Hall–Kier alpha value is -1.42. The predicted octanol–water partition coefficient (Wildman–Crippen LogP) is 1.99. The number of aromatic nitrogens is 4. The van der Waals surface area contributed by atoms with Crippen molar-refractivity contribution in [2.45, 2.75) is 20.4 Å². The molecule has 0 aliphatic carbocycles. The second-order valence-corrected chi connectivity index (χ2v) is 3.71. The van der Waals surface area contributed by atoms with Gasteiger partial charge >= 0.3 is 0 Å². The zero-order chi connectivity index (χ0) is 10.8. The van der Waals surface area contributed by atoms with Crippen molar-refractivity contribution in [2.75, 3.05) is 0 Å². The van der Waals surface area contributed by atoms with Crippen molar-refractivity contribution in [1.82, 2.24) is 19.7 Å². The van der Waals surface area contributed by atoms with E-state index in [0.717, 1.165) is 17.1 Å². The van der Waals surface area contributed by atoms with Gasteiger partial charge in [0.1, 0.15) is 5.82 Å². The highest BCUT2D eigenvalue weighted by Crippen LogP contribution is 2.12. The van der Waals surface area contributed by atoms with Gasteiger partial charge in [0.25, 0.3) is 0 Å². The molecule has 4 nitrogen and oxygen atoms in total. The Labute approximate surface area is 92.9 Å². The fourth-order valence-electron chi connectivity index (χ4n) is 1.37. The van der Waals surface area contributed by atoms with Gasteiger partial charge in [-0.15, -0.1) is 10.2 Å². The Kier molecular flexibility index (Phi) is 2.68. The monoisotopic (exact) mass is 222 g/mol. The fraction of sp³-hybridized carbons (Fsp3) is 0.300. The summed E-state index contributed by atoms with van der Waals surface area (Å²) < 4.78 is 1.83. The van der Waals surface area contributed by atoms with Crippen LogP contribution in [0.1, 0.15) is 17.1 Å². The Morgan fingerprint density at radius 2 is 2.13 bits per heavy atom. The van der Waals surface area contributed by atoms with Crippen LogP contribution >= 0.6 is 11.6 Å². The van der Waals surface area contributed by atoms with Crippen LogP contribution in [0.5, 0.6) is 0 Å². The van der Waals surface area contributed by atoms with Crippen molar-refractivity contribution >= 4 is 11.6 Å². The van der Waals surface area contributed by atoms with Gasteiger partial charge in [-0.3, -0.25) is 9.55 Å². The quantitative estimate of drug-likeness (QED) is 0.781. The zero-order valence-electron chi connectivity index (χ0n) is 8.61. The van der Waals surface area contributed by atoms with E-state index in [-0.39, 0.29) is 0 Å². The highest BCUT2D eigenvalue weighted by Gasteiger charge is 2.08. The van der Waals surface area contributed by atoms with Crippen molar-refractivity contribution in [3.63, 3.8) is 0 Å². The Balaban J connectivity index is 2.34. The van der Waals surface area contributed by atoms with E-state index < -0.39 is 0 Å². The van der Waals surface area contributed by atoms with Crippen LogP contribution in [0.15, 0.2) is 18.3 Å². The van der Waals surface area contributed by atoms with Gasteiger partial charge < -0.3 is 0 Å². The topological polar surface area (TPSA) is 43.6 Å². The summed E-state index contributed by atoms with van der Waals surface area (Å²) >= 11 is 5.91. The first kappa shape index (κ1) is 10.1. The molecule has 2 aromatic rings. The maximum Gasteiger partial charge on any atom is 0.225 e. The lowest BCUT2D eigenvalue weighted by molar-refractivity contribution is 0.737. The molecule has 2 aromatic heterocycles. The van der Waals surface area contributed by atoms with Crippen LogP contribution in [-0.4, -0.2) is 19.7 Å². The number of hydrogen-bond acceptors (Lipinski definition) is 3. The summed E-state index contributed by atoms with van der Waals surface area (Å²) in [5.74, 6) is 0.796. The summed E-state index contributed by atoms with van der Waals surface area (Å²) in [6, 6.07) is 3.94. The number of rotatable bonds is 2. The third-order valence-corrected chi connectivity index (χ3v) is 2.60. The van der Waals surface area contributed by atoms with Crippen LogP contribution in [0.2, 0.25) is 5.28 Å². The van der Waals surface area contributed by atoms with E-state index in [4.69, 9.17) is 11.6 Å². The first-order valence-corrected chi connectivity index (χ1v) is 5.02. The molecular weight excluding hydrogens is 212 g/mol. The molecular formula is C10H11ClN4. The molecule has 2 rings (SSSR count). The van der Waals surface area contributed by atoms with Crippen LogP contribution in [-0.2, 0) is 6.54 Å². The highest BCUT2D eigenvalue weighted by atomic mass is 35.5. The summed E-state index contributed by atoms with van der Waals surface area (Å²) in [7, 11) is 0. The van der Waals surface area contributed by atoms with Crippen LogP contribution < -0.4 is 0 Å². The largest absolute Gasteiger partial charge is 0.296 e. The van der Waals surface area contributed by atoms with Gasteiger partial charge in [-0.05, 0) is 37.1 Å². The first-order valence-electron chi connectivity index (χ1n) is 4.64. The molecule has 0 atom stereocenters. The summed E-state index contributed by atoms with van der Waals surface area (Å²) in [4.78, 5) is 4.30. The van der Waals surface area contributed by atoms with E-state index in [9.17, 15) is 0 Å². The van der Waals surface area contributed by atoms with Gasteiger partial charge in [-0.1, -0.05) is 6.07 Å². The normalized spacial score (nSPS) is 10.6. The van der Waals surface area contributed by atoms with Crippen LogP contribution in [0.4, 0.5) is 0 Å². The van der Waals surface area contributed by atoms with Crippen molar-refractivity contribution in [3.8, 4) is 0 Å². The van der Waals surface area contributed by atoms with Gasteiger partial charge in [0.2, 0.25) is 5.28 Å². The molecule has 0 aliphatic rings. The molecule has 0 bridgehead atoms. The predicted molar refractivity (Wildman–Crippen MR) is 57.8 cm³/mol. The molecule has 15 heavy (non-hydrogen) atoms. The van der Waals surface area contributed by atoms with Crippen LogP contribution in [0.25, 0.3) is 0 Å². The van der Waals surface area contributed by atoms with Crippen molar-refractivity contribution in [1.29, 1.82) is 0 Å². The summed E-state index contributed by atoms with van der Waals surface area (Å²) in [6.45, 7) is 4.51. The van der Waals surface area contributed by atoms with E-state index in [0.29, 0.717) is 11.8 Å². The summed E-state index contributed by atoms with van der Waals surface area (Å²) in [5.41, 5.74) is 2.13. The lowest BCUT2D eigenvalue weighted by Crippen LogP contribution is -2.05. The lowest BCUT2D eigenvalue weighted by atomic mass is 10.2. The molecule has 0 aromatic carbocycles. The molecule has 5 heteroatoms. The molecule has 0 saturated carbocycles. The second-order valence-electron chi connectivity index (χ2n) is 3.37. The maximum absolute atomic E-state index is 5.91. The number of pyridine rings is 1. The molecule has 0 spiro atoms. The van der Waals surface area contributed by atoms with E-state index in [2.05, 4.69) is 15.2 Å². The SMILES string of the molecule is Cc1cccnc1Cn1c(C)nnc1Cl. The van der Waals surface area contributed by atoms with Crippen LogP contribution in [0, 0.1) is 13.8 Å². The summed E-state index contributed by atoms with van der Waals surface area (Å²) in [6.07, 6.45) is 1.77. The molecule has 0 radical (unpaired) electrons. The number of hydrogen-bond donors (Lipinski definition) is 0. The minimum absolute atomic E-state index is 0.401. The van der Waals surface area contributed by atoms with E-state index in [1.54, 1.807) is 6.20 Å². The maximum atomic E-state index is 5.91. The van der Waals surface area contributed by atoms with E-state index in [1.165, 1.54) is 0 Å².